The molecule has 0 aliphatic carbocycles. The fourth-order valence-corrected chi connectivity index (χ4v) is 2.57. The van der Waals surface area contributed by atoms with Crippen molar-refractivity contribution < 1.29 is 8.78 Å². The van der Waals surface area contributed by atoms with Gasteiger partial charge in [-0.3, -0.25) is 4.90 Å². The van der Waals surface area contributed by atoms with Crippen molar-refractivity contribution in [2.75, 3.05) is 33.2 Å². The Balaban J connectivity index is 1.93. The van der Waals surface area contributed by atoms with Crippen LogP contribution >= 0.6 is 0 Å². The summed E-state index contributed by atoms with van der Waals surface area (Å²) in [5.74, 6) is -2.25. The Morgan fingerprint density at radius 1 is 1.33 bits per heavy atom. The van der Waals surface area contributed by atoms with Crippen LogP contribution in [0.25, 0.3) is 0 Å². The van der Waals surface area contributed by atoms with Crippen molar-refractivity contribution in [2.45, 2.75) is 12.3 Å². The van der Waals surface area contributed by atoms with Crippen LogP contribution in [-0.4, -0.2) is 38.1 Å². The summed E-state index contributed by atoms with van der Waals surface area (Å²) in [6, 6.07) is 8.09. The number of nitrogens with zero attached hydrogens (tertiary/aromatic N) is 1. The van der Waals surface area contributed by atoms with Gasteiger partial charge < -0.3 is 5.32 Å². The van der Waals surface area contributed by atoms with E-state index in [-0.39, 0.29) is 12.1 Å². The topological polar surface area (TPSA) is 15.3 Å². The Hall–Kier alpha value is -1.00. The predicted octanol–water partition coefficient (Wildman–Crippen LogP) is 2.32. The van der Waals surface area contributed by atoms with E-state index in [4.69, 9.17) is 0 Å². The highest BCUT2D eigenvalue weighted by molar-refractivity contribution is 5.20. The fraction of sp³-hybridized carbons (Fsp3) is 0.571. The lowest BCUT2D eigenvalue weighted by molar-refractivity contribution is -0.0334. The monoisotopic (exact) mass is 254 g/mol. The smallest absolute Gasteiger partial charge is 0.285 e. The first-order valence-corrected chi connectivity index (χ1v) is 6.42. The van der Waals surface area contributed by atoms with E-state index in [1.807, 2.05) is 11.9 Å². The zero-order valence-electron chi connectivity index (χ0n) is 10.7. The Bertz CT molecular complexity index is 367. The second kappa shape index (κ2) is 5.76. The molecule has 0 saturated carbocycles. The van der Waals surface area contributed by atoms with E-state index in [1.165, 1.54) is 12.1 Å². The largest absolute Gasteiger partial charge is 0.319 e. The van der Waals surface area contributed by atoms with Crippen LogP contribution in [0.1, 0.15) is 12.0 Å². The van der Waals surface area contributed by atoms with Gasteiger partial charge in [-0.2, -0.15) is 8.78 Å². The summed E-state index contributed by atoms with van der Waals surface area (Å²) < 4.78 is 28.1. The highest BCUT2D eigenvalue weighted by atomic mass is 19.3. The molecule has 1 fully saturated rings. The number of nitrogens with one attached hydrogen (secondary N) is 1. The molecule has 1 aliphatic heterocycles. The van der Waals surface area contributed by atoms with Crippen molar-refractivity contribution in [3.05, 3.63) is 35.9 Å². The third-order valence-electron chi connectivity index (χ3n) is 3.48. The summed E-state index contributed by atoms with van der Waals surface area (Å²) in [4.78, 5) is 1.87. The molecule has 1 aliphatic rings. The maximum absolute atomic E-state index is 14.1. The van der Waals surface area contributed by atoms with Crippen LogP contribution in [-0.2, 0) is 5.92 Å². The summed E-state index contributed by atoms with van der Waals surface area (Å²) in [5.41, 5.74) is 0.113. The van der Waals surface area contributed by atoms with Gasteiger partial charge in [0.2, 0.25) is 0 Å². The molecule has 1 N–H and O–H groups in total. The normalized spacial score (nSPS) is 21.4. The zero-order valence-corrected chi connectivity index (χ0v) is 10.7. The quantitative estimate of drug-likeness (QED) is 0.867. The molecule has 1 atom stereocenters. The number of rotatable bonds is 5. The second-order valence-electron chi connectivity index (χ2n) is 5.02. The second-order valence-corrected chi connectivity index (χ2v) is 5.02. The van der Waals surface area contributed by atoms with E-state index in [0.717, 1.165) is 26.1 Å². The molecule has 0 spiro atoms. The van der Waals surface area contributed by atoms with Crippen LogP contribution in [0.15, 0.2) is 30.3 Å². The lowest BCUT2D eigenvalue weighted by atomic mass is 10.1. The van der Waals surface area contributed by atoms with E-state index in [9.17, 15) is 8.78 Å². The molecule has 1 aromatic rings. The average Bonchev–Trinajstić information content (AvgIpc) is 2.77. The number of hydrogen-bond acceptors (Lipinski definition) is 2. The Labute approximate surface area is 107 Å². The molecule has 0 amide bonds. The molecule has 4 heteroatoms. The molecule has 2 nitrogen and oxygen atoms in total. The van der Waals surface area contributed by atoms with Crippen LogP contribution in [0.3, 0.4) is 0 Å². The van der Waals surface area contributed by atoms with Crippen molar-refractivity contribution in [3.8, 4) is 0 Å². The number of halogens is 2. The molecule has 0 radical (unpaired) electrons. The third kappa shape index (κ3) is 3.27. The number of benzene rings is 1. The first-order valence-electron chi connectivity index (χ1n) is 6.42. The molecular formula is C14H20F2N2. The minimum atomic E-state index is -2.75. The minimum Gasteiger partial charge on any atom is -0.319 e. The summed E-state index contributed by atoms with van der Waals surface area (Å²) in [6.45, 7) is 2.28. The van der Waals surface area contributed by atoms with Crippen LogP contribution in [0.2, 0.25) is 0 Å². The van der Waals surface area contributed by atoms with Crippen LogP contribution in [0, 0.1) is 5.92 Å². The van der Waals surface area contributed by atoms with Gasteiger partial charge in [0.25, 0.3) is 5.92 Å². The molecule has 1 saturated heterocycles. The summed E-state index contributed by atoms with van der Waals surface area (Å²) in [5, 5.41) is 3.11. The lowest BCUT2D eigenvalue weighted by Gasteiger charge is -2.23. The molecule has 1 aromatic carbocycles. The van der Waals surface area contributed by atoms with Gasteiger partial charge >= 0.3 is 0 Å². The summed E-state index contributed by atoms with van der Waals surface area (Å²) >= 11 is 0. The maximum Gasteiger partial charge on any atom is 0.285 e. The highest BCUT2D eigenvalue weighted by Gasteiger charge is 2.36. The van der Waals surface area contributed by atoms with E-state index >= 15 is 0 Å². The molecule has 1 unspecified atom stereocenters. The lowest BCUT2D eigenvalue weighted by Crippen LogP contribution is -2.34. The van der Waals surface area contributed by atoms with Crippen molar-refractivity contribution in [1.82, 2.24) is 10.2 Å². The maximum atomic E-state index is 14.1. The molecule has 0 aromatic heterocycles. The SMILES string of the molecule is CNCC1CCN(CC(F)(F)c2ccccc2)C1. The van der Waals surface area contributed by atoms with Crippen LogP contribution in [0.5, 0.6) is 0 Å². The van der Waals surface area contributed by atoms with Gasteiger partial charge in [0.1, 0.15) is 0 Å². The zero-order chi connectivity index (χ0) is 13.0. The molecule has 18 heavy (non-hydrogen) atoms. The van der Waals surface area contributed by atoms with E-state index in [2.05, 4.69) is 5.32 Å². The molecule has 0 bridgehead atoms. The molecule has 2 rings (SSSR count). The van der Waals surface area contributed by atoms with Crippen molar-refractivity contribution in [2.24, 2.45) is 5.92 Å². The van der Waals surface area contributed by atoms with Crippen LogP contribution in [0.4, 0.5) is 8.78 Å². The highest BCUT2D eigenvalue weighted by Crippen LogP contribution is 2.30. The van der Waals surface area contributed by atoms with Gasteiger partial charge in [0.15, 0.2) is 0 Å². The van der Waals surface area contributed by atoms with Crippen LogP contribution < -0.4 is 5.32 Å². The van der Waals surface area contributed by atoms with Crippen molar-refractivity contribution in [1.29, 1.82) is 0 Å². The fourth-order valence-electron chi connectivity index (χ4n) is 2.57. The van der Waals surface area contributed by atoms with E-state index in [1.54, 1.807) is 18.2 Å². The minimum absolute atomic E-state index is 0.113. The van der Waals surface area contributed by atoms with Gasteiger partial charge in [-0.15, -0.1) is 0 Å². The third-order valence-corrected chi connectivity index (χ3v) is 3.48. The summed E-state index contributed by atoms with van der Waals surface area (Å²) in [6.07, 6.45) is 1.01. The Kier molecular flexibility index (Phi) is 4.30. The van der Waals surface area contributed by atoms with Gasteiger partial charge in [-0.05, 0) is 32.5 Å². The van der Waals surface area contributed by atoms with Crippen molar-refractivity contribution >= 4 is 0 Å². The molecule has 1 heterocycles. The van der Waals surface area contributed by atoms with Gasteiger partial charge in [0, 0.05) is 12.1 Å². The number of hydrogen-bond donors (Lipinski definition) is 1. The first-order chi connectivity index (χ1) is 8.62. The summed E-state index contributed by atoms with van der Waals surface area (Å²) in [7, 11) is 1.90. The van der Waals surface area contributed by atoms with Gasteiger partial charge in [-0.1, -0.05) is 30.3 Å². The predicted molar refractivity (Wildman–Crippen MR) is 68.8 cm³/mol. The Morgan fingerprint density at radius 2 is 2.06 bits per heavy atom. The molecular weight excluding hydrogens is 234 g/mol. The molecule has 100 valence electrons. The van der Waals surface area contributed by atoms with Gasteiger partial charge in [0.05, 0.1) is 6.54 Å². The average molecular weight is 254 g/mol. The standard InChI is InChI=1S/C14H20F2N2/c1-17-9-12-7-8-18(10-12)11-14(15,16)13-5-3-2-4-6-13/h2-6,12,17H,7-11H2,1H3. The Morgan fingerprint density at radius 3 is 2.72 bits per heavy atom. The van der Waals surface area contributed by atoms with Crippen molar-refractivity contribution in [3.63, 3.8) is 0 Å². The van der Waals surface area contributed by atoms with E-state index in [0.29, 0.717) is 5.92 Å². The first kappa shape index (κ1) is 13.4. The number of likely N-dealkylation sites (tertiary alicyclic amines) is 1. The number of alkyl halides is 2. The van der Waals surface area contributed by atoms with Gasteiger partial charge in [-0.25, -0.2) is 0 Å². The van der Waals surface area contributed by atoms with E-state index < -0.39 is 5.92 Å².